The molecule has 1 atom stereocenters. The van der Waals surface area contributed by atoms with Crippen LogP contribution in [0.3, 0.4) is 0 Å². The molecule has 2 aromatic rings. The molecule has 1 unspecified atom stereocenters. The van der Waals surface area contributed by atoms with Crippen molar-refractivity contribution in [3.05, 3.63) is 63.9 Å². The molecule has 1 aliphatic heterocycles. The minimum absolute atomic E-state index is 0.0809. The number of amides is 1. The van der Waals surface area contributed by atoms with Crippen LogP contribution in [0.1, 0.15) is 43.0 Å². The first kappa shape index (κ1) is 20.0. The lowest BCUT2D eigenvalue weighted by atomic mass is 9.89. The van der Waals surface area contributed by atoms with Gasteiger partial charge in [0.25, 0.3) is 0 Å². The van der Waals surface area contributed by atoms with E-state index in [4.69, 9.17) is 16.3 Å². The summed E-state index contributed by atoms with van der Waals surface area (Å²) in [5, 5.41) is 3.49. The van der Waals surface area contributed by atoms with Crippen LogP contribution < -0.4 is 10.1 Å². The molecule has 0 saturated heterocycles. The van der Waals surface area contributed by atoms with Crippen molar-refractivity contribution in [2.45, 2.75) is 44.6 Å². The summed E-state index contributed by atoms with van der Waals surface area (Å²) in [6.45, 7) is 6.06. The van der Waals surface area contributed by atoms with Crippen molar-refractivity contribution in [3.8, 4) is 5.75 Å². The lowest BCUT2D eigenvalue weighted by Crippen LogP contribution is -2.41. The Hall–Kier alpha value is -1.72. The van der Waals surface area contributed by atoms with E-state index in [1.807, 2.05) is 32.9 Å². The van der Waals surface area contributed by atoms with Crippen LogP contribution >= 0.6 is 23.4 Å². The Labute approximate surface area is 168 Å². The number of rotatable bonds is 5. The number of nitrogens with one attached hydrogen (secondary N) is 1. The van der Waals surface area contributed by atoms with Gasteiger partial charge in [-0.3, -0.25) is 4.79 Å². The van der Waals surface area contributed by atoms with E-state index in [0.29, 0.717) is 22.8 Å². The molecule has 0 aromatic heterocycles. The Morgan fingerprint density at radius 2 is 2.15 bits per heavy atom. The number of thioether (sulfide) groups is 1. The topological polar surface area (TPSA) is 38.3 Å². The molecule has 27 heavy (non-hydrogen) atoms. The standard InChI is InChI=1S/C21H23ClFNO2S/c1-13-7-8-19-14(9-13)18(10-21(2,3)26-19)24-20(25)12-27-11-15-16(22)5-4-6-17(15)23/h4-9,18H,10-12H2,1-3H3,(H,24,25). The Morgan fingerprint density at radius 3 is 2.89 bits per heavy atom. The summed E-state index contributed by atoms with van der Waals surface area (Å²) in [4.78, 5) is 12.5. The van der Waals surface area contributed by atoms with Gasteiger partial charge in [-0.15, -0.1) is 11.8 Å². The van der Waals surface area contributed by atoms with Crippen LogP contribution in [0, 0.1) is 12.7 Å². The van der Waals surface area contributed by atoms with Crippen molar-refractivity contribution in [3.63, 3.8) is 0 Å². The van der Waals surface area contributed by atoms with Gasteiger partial charge in [0, 0.05) is 28.3 Å². The van der Waals surface area contributed by atoms with Crippen molar-refractivity contribution >= 4 is 29.3 Å². The van der Waals surface area contributed by atoms with Gasteiger partial charge in [-0.2, -0.15) is 0 Å². The second kappa shape index (κ2) is 8.11. The maximum absolute atomic E-state index is 13.8. The van der Waals surface area contributed by atoms with Crippen molar-refractivity contribution in [2.24, 2.45) is 0 Å². The van der Waals surface area contributed by atoms with Crippen LogP contribution in [0.2, 0.25) is 5.02 Å². The average Bonchev–Trinajstić information content (AvgIpc) is 2.57. The summed E-state index contributed by atoms with van der Waals surface area (Å²) in [6, 6.07) is 10.5. The molecule has 0 radical (unpaired) electrons. The molecule has 1 amide bonds. The van der Waals surface area contributed by atoms with E-state index in [0.717, 1.165) is 16.9 Å². The van der Waals surface area contributed by atoms with Crippen molar-refractivity contribution < 1.29 is 13.9 Å². The molecule has 0 saturated carbocycles. The van der Waals surface area contributed by atoms with Crippen LogP contribution in [0.15, 0.2) is 36.4 Å². The fourth-order valence-electron chi connectivity index (χ4n) is 3.25. The monoisotopic (exact) mass is 407 g/mol. The highest BCUT2D eigenvalue weighted by Gasteiger charge is 2.34. The van der Waals surface area contributed by atoms with Gasteiger partial charge in [0.2, 0.25) is 5.91 Å². The zero-order valence-electron chi connectivity index (χ0n) is 15.6. The molecule has 6 heteroatoms. The number of fused-ring (bicyclic) bond motifs is 1. The second-order valence-electron chi connectivity index (χ2n) is 7.42. The quantitative estimate of drug-likeness (QED) is 0.717. The number of carbonyl (C=O) groups excluding carboxylic acids is 1. The van der Waals surface area contributed by atoms with Gasteiger partial charge < -0.3 is 10.1 Å². The highest BCUT2D eigenvalue weighted by atomic mass is 35.5. The van der Waals surface area contributed by atoms with E-state index in [1.165, 1.54) is 17.8 Å². The van der Waals surface area contributed by atoms with Crippen LogP contribution in [-0.2, 0) is 10.5 Å². The fraction of sp³-hybridized carbons (Fsp3) is 0.381. The Balaban J connectivity index is 1.63. The first-order valence-electron chi connectivity index (χ1n) is 8.85. The van der Waals surface area contributed by atoms with Crippen molar-refractivity contribution in [1.82, 2.24) is 5.32 Å². The van der Waals surface area contributed by atoms with Crippen LogP contribution in [0.5, 0.6) is 5.75 Å². The molecular weight excluding hydrogens is 385 g/mol. The number of benzene rings is 2. The minimum Gasteiger partial charge on any atom is -0.487 e. The molecule has 1 aliphatic rings. The first-order chi connectivity index (χ1) is 12.7. The van der Waals surface area contributed by atoms with E-state index < -0.39 is 0 Å². The molecule has 0 spiro atoms. The maximum Gasteiger partial charge on any atom is 0.230 e. The summed E-state index contributed by atoms with van der Waals surface area (Å²) < 4.78 is 19.9. The first-order valence-corrected chi connectivity index (χ1v) is 10.4. The zero-order chi connectivity index (χ0) is 19.6. The van der Waals surface area contributed by atoms with Gasteiger partial charge >= 0.3 is 0 Å². The summed E-state index contributed by atoms with van der Waals surface area (Å²) in [6.07, 6.45) is 0.693. The lowest BCUT2D eigenvalue weighted by Gasteiger charge is -2.38. The molecule has 0 bridgehead atoms. The molecular formula is C21H23ClFNO2S. The molecule has 1 heterocycles. The van der Waals surface area contributed by atoms with E-state index in [1.54, 1.807) is 12.1 Å². The van der Waals surface area contributed by atoms with Crippen LogP contribution in [0.4, 0.5) is 4.39 Å². The molecule has 1 N–H and O–H groups in total. The third kappa shape index (κ3) is 4.96. The van der Waals surface area contributed by atoms with Crippen molar-refractivity contribution in [1.29, 1.82) is 0 Å². The average molecular weight is 408 g/mol. The molecule has 3 rings (SSSR count). The smallest absolute Gasteiger partial charge is 0.230 e. The summed E-state index contributed by atoms with van der Waals surface area (Å²) >= 11 is 7.38. The van der Waals surface area contributed by atoms with E-state index in [2.05, 4.69) is 11.4 Å². The van der Waals surface area contributed by atoms with E-state index >= 15 is 0 Å². The van der Waals surface area contributed by atoms with Crippen molar-refractivity contribution in [2.75, 3.05) is 5.75 Å². The molecule has 144 valence electrons. The predicted octanol–water partition coefficient (Wildman–Crippen LogP) is 5.44. The number of ether oxygens (including phenoxy) is 1. The molecule has 0 aliphatic carbocycles. The number of hydrogen-bond donors (Lipinski definition) is 1. The van der Waals surface area contributed by atoms with Crippen LogP contribution in [-0.4, -0.2) is 17.3 Å². The summed E-state index contributed by atoms with van der Waals surface area (Å²) in [5.41, 5.74) is 2.21. The number of carbonyl (C=O) groups is 1. The molecule has 3 nitrogen and oxygen atoms in total. The van der Waals surface area contributed by atoms with Gasteiger partial charge in [0.1, 0.15) is 17.2 Å². The predicted molar refractivity (Wildman–Crippen MR) is 109 cm³/mol. The van der Waals surface area contributed by atoms with Gasteiger partial charge in [-0.1, -0.05) is 35.4 Å². The molecule has 0 fully saturated rings. The largest absolute Gasteiger partial charge is 0.487 e. The third-order valence-corrected chi connectivity index (χ3v) is 5.81. The van der Waals surface area contributed by atoms with Gasteiger partial charge in [0.15, 0.2) is 0 Å². The normalized spacial score (nSPS) is 17.7. The lowest BCUT2D eigenvalue weighted by molar-refractivity contribution is -0.119. The summed E-state index contributed by atoms with van der Waals surface area (Å²) in [5.74, 6) is 0.985. The summed E-state index contributed by atoms with van der Waals surface area (Å²) in [7, 11) is 0. The minimum atomic E-state index is -0.353. The fourth-order valence-corrected chi connectivity index (χ4v) is 4.43. The number of aryl methyl sites for hydroxylation is 1. The SMILES string of the molecule is Cc1ccc2c(c1)C(NC(=O)CSCc1c(F)cccc1Cl)CC(C)(C)O2. The van der Waals surface area contributed by atoms with Crippen LogP contribution in [0.25, 0.3) is 0 Å². The zero-order valence-corrected chi connectivity index (χ0v) is 17.2. The van der Waals surface area contributed by atoms with E-state index in [9.17, 15) is 9.18 Å². The molecule has 2 aromatic carbocycles. The maximum atomic E-state index is 13.8. The second-order valence-corrected chi connectivity index (χ2v) is 8.81. The number of hydrogen-bond acceptors (Lipinski definition) is 3. The van der Waals surface area contributed by atoms with Gasteiger partial charge in [-0.05, 0) is 39.0 Å². The Bertz CT molecular complexity index is 836. The third-order valence-electron chi connectivity index (χ3n) is 4.50. The Kier molecular flexibility index (Phi) is 6.02. The Morgan fingerprint density at radius 1 is 1.37 bits per heavy atom. The number of halogens is 2. The van der Waals surface area contributed by atoms with Gasteiger partial charge in [-0.25, -0.2) is 4.39 Å². The van der Waals surface area contributed by atoms with Gasteiger partial charge in [0.05, 0.1) is 11.8 Å². The highest BCUT2D eigenvalue weighted by molar-refractivity contribution is 7.99. The van der Waals surface area contributed by atoms with E-state index in [-0.39, 0.29) is 29.1 Å². The highest BCUT2D eigenvalue weighted by Crippen LogP contribution is 2.39.